The second-order valence-corrected chi connectivity index (χ2v) is 5.22. The predicted octanol–water partition coefficient (Wildman–Crippen LogP) is 4.58. The first kappa shape index (κ1) is 14.1. The molecule has 20 heavy (non-hydrogen) atoms. The Morgan fingerprint density at radius 2 is 1.75 bits per heavy atom. The van der Waals surface area contributed by atoms with Gasteiger partial charge in [-0.1, -0.05) is 66.2 Å². The molecule has 1 nitrogen and oxygen atoms in total. The van der Waals surface area contributed by atoms with Crippen molar-refractivity contribution < 1.29 is 0 Å². The summed E-state index contributed by atoms with van der Waals surface area (Å²) in [4.78, 5) is 0. The Kier molecular flexibility index (Phi) is 4.38. The molecule has 100 valence electrons. The van der Waals surface area contributed by atoms with E-state index in [9.17, 15) is 5.26 Å². The fraction of sp³-hybridized carbons (Fsp3) is 0.211. The normalized spacial score (nSPS) is 13.2. The molecule has 0 radical (unpaired) electrons. The van der Waals surface area contributed by atoms with Gasteiger partial charge in [-0.3, -0.25) is 0 Å². The molecule has 0 aromatic heterocycles. The van der Waals surface area contributed by atoms with E-state index in [1.807, 2.05) is 24.3 Å². The third-order valence-corrected chi connectivity index (χ3v) is 3.66. The summed E-state index contributed by atoms with van der Waals surface area (Å²) in [6, 6.07) is 21.0. The van der Waals surface area contributed by atoms with Crippen molar-refractivity contribution in [2.75, 3.05) is 0 Å². The molecule has 0 aliphatic heterocycles. The van der Waals surface area contributed by atoms with Gasteiger partial charge in [-0.05, 0) is 30.9 Å². The molecule has 1 heteroatoms. The Morgan fingerprint density at radius 3 is 2.30 bits per heavy atom. The smallest absolute Gasteiger partial charge is 0.0896 e. The highest BCUT2D eigenvalue weighted by molar-refractivity contribution is 5.38. The highest BCUT2D eigenvalue weighted by Gasteiger charge is 2.31. The van der Waals surface area contributed by atoms with Crippen LogP contribution in [0.4, 0.5) is 0 Å². The van der Waals surface area contributed by atoms with Crippen LogP contribution in [0.1, 0.15) is 23.1 Å². The van der Waals surface area contributed by atoms with E-state index >= 15 is 0 Å². The topological polar surface area (TPSA) is 23.8 Å². The summed E-state index contributed by atoms with van der Waals surface area (Å²) < 4.78 is 0. The van der Waals surface area contributed by atoms with Crippen LogP contribution in [0, 0.1) is 18.3 Å². The van der Waals surface area contributed by atoms with Crippen molar-refractivity contribution >= 4 is 0 Å². The second-order valence-electron chi connectivity index (χ2n) is 5.22. The molecule has 0 fully saturated rings. The fourth-order valence-electron chi connectivity index (χ4n) is 2.51. The fourth-order valence-corrected chi connectivity index (χ4v) is 2.51. The Labute approximate surface area is 121 Å². The lowest BCUT2D eigenvalue weighted by atomic mass is 9.74. The quantitative estimate of drug-likeness (QED) is 0.723. The minimum atomic E-state index is -0.531. The van der Waals surface area contributed by atoms with Gasteiger partial charge in [-0.25, -0.2) is 0 Å². The SMILES string of the molecule is C=CC[C@](C#N)(Cc1ccccc1)c1ccc(C)cc1. The molecule has 2 aromatic rings. The molecule has 0 amide bonds. The van der Waals surface area contributed by atoms with Crippen molar-refractivity contribution in [3.05, 3.63) is 83.9 Å². The van der Waals surface area contributed by atoms with Gasteiger partial charge in [0.05, 0.1) is 11.5 Å². The van der Waals surface area contributed by atoms with Crippen molar-refractivity contribution in [2.24, 2.45) is 0 Å². The number of benzene rings is 2. The number of nitrogens with zero attached hydrogens (tertiary/aromatic N) is 1. The lowest BCUT2D eigenvalue weighted by molar-refractivity contribution is 0.553. The van der Waals surface area contributed by atoms with E-state index in [-0.39, 0.29) is 0 Å². The maximum atomic E-state index is 9.79. The largest absolute Gasteiger partial charge is 0.197 e. The minimum Gasteiger partial charge on any atom is -0.197 e. The first-order chi connectivity index (χ1) is 9.70. The zero-order valence-corrected chi connectivity index (χ0v) is 11.8. The zero-order chi connectivity index (χ0) is 14.4. The van der Waals surface area contributed by atoms with Crippen LogP contribution in [0.2, 0.25) is 0 Å². The molecule has 0 N–H and O–H groups in total. The summed E-state index contributed by atoms with van der Waals surface area (Å²) in [5.41, 5.74) is 2.92. The molecule has 2 rings (SSSR count). The van der Waals surface area contributed by atoms with Crippen LogP contribution in [0.5, 0.6) is 0 Å². The summed E-state index contributed by atoms with van der Waals surface area (Å²) >= 11 is 0. The molecule has 0 saturated carbocycles. The van der Waals surface area contributed by atoms with Crippen LogP contribution in [0.3, 0.4) is 0 Å². The minimum absolute atomic E-state index is 0.531. The third-order valence-electron chi connectivity index (χ3n) is 3.66. The van der Waals surface area contributed by atoms with Crippen molar-refractivity contribution in [2.45, 2.75) is 25.2 Å². The second kappa shape index (κ2) is 6.21. The monoisotopic (exact) mass is 261 g/mol. The van der Waals surface area contributed by atoms with E-state index in [0.717, 1.165) is 5.56 Å². The summed E-state index contributed by atoms with van der Waals surface area (Å²) in [5.74, 6) is 0. The van der Waals surface area contributed by atoms with Gasteiger partial charge in [-0.2, -0.15) is 5.26 Å². The number of hydrogen-bond donors (Lipinski definition) is 0. The first-order valence-electron chi connectivity index (χ1n) is 6.83. The first-order valence-corrected chi connectivity index (χ1v) is 6.83. The van der Waals surface area contributed by atoms with Crippen LogP contribution in [0.15, 0.2) is 67.3 Å². The molecule has 2 aromatic carbocycles. The van der Waals surface area contributed by atoms with E-state index in [0.29, 0.717) is 12.8 Å². The molecule has 0 heterocycles. The van der Waals surface area contributed by atoms with Gasteiger partial charge in [-0.15, -0.1) is 6.58 Å². The van der Waals surface area contributed by atoms with Gasteiger partial charge in [0.1, 0.15) is 0 Å². The van der Waals surface area contributed by atoms with Crippen LogP contribution in [0.25, 0.3) is 0 Å². The van der Waals surface area contributed by atoms with Gasteiger partial charge in [0.2, 0.25) is 0 Å². The Hall–Kier alpha value is -2.33. The Morgan fingerprint density at radius 1 is 1.10 bits per heavy atom. The molecular weight excluding hydrogens is 242 g/mol. The van der Waals surface area contributed by atoms with Gasteiger partial charge in [0.15, 0.2) is 0 Å². The molecule has 0 aliphatic carbocycles. The summed E-state index contributed by atoms with van der Waals surface area (Å²) in [6.07, 6.45) is 3.20. The average molecular weight is 261 g/mol. The van der Waals surface area contributed by atoms with Gasteiger partial charge in [0, 0.05) is 0 Å². The van der Waals surface area contributed by atoms with Crippen LogP contribution in [-0.2, 0) is 11.8 Å². The van der Waals surface area contributed by atoms with Gasteiger partial charge < -0.3 is 0 Å². The molecule has 1 atom stereocenters. The molecular formula is C19H19N. The summed E-state index contributed by atoms with van der Waals surface area (Å²) in [7, 11) is 0. The lowest BCUT2D eigenvalue weighted by Gasteiger charge is -2.26. The van der Waals surface area contributed by atoms with Crippen molar-refractivity contribution in [3.8, 4) is 6.07 Å². The highest BCUT2D eigenvalue weighted by atomic mass is 14.4. The summed E-state index contributed by atoms with van der Waals surface area (Å²) in [5, 5.41) is 9.79. The number of allylic oxidation sites excluding steroid dienone is 1. The Balaban J connectivity index is 2.42. The van der Waals surface area contributed by atoms with E-state index in [2.05, 4.69) is 56.0 Å². The highest BCUT2D eigenvalue weighted by Crippen LogP contribution is 2.32. The van der Waals surface area contributed by atoms with Gasteiger partial charge >= 0.3 is 0 Å². The van der Waals surface area contributed by atoms with Gasteiger partial charge in [0.25, 0.3) is 0 Å². The van der Waals surface area contributed by atoms with Crippen LogP contribution >= 0.6 is 0 Å². The average Bonchev–Trinajstić information content (AvgIpc) is 2.48. The lowest BCUT2D eigenvalue weighted by Crippen LogP contribution is -2.26. The molecule has 0 unspecified atom stereocenters. The van der Waals surface area contributed by atoms with Crippen molar-refractivity contribution in [1.29, 1.82) is 5.26 Å². The Bertz CT molecular complexity index is 604. The van der Waals surface area contributed by atoms with E-state index in [1.165, 1.54) is 11.1 Å². The predicted molar refractivity (Wildman–Crippen MR) is 83.4 cm³/mol. The zero-order valence-electron chi connectivity index (χ0n) is 11.8. The van der Waals surface area contributed by atoms with Crippen LogP contribution < -0.4 is 0 Å². The van der Waals surface area contributed by atoms with Crippen LogP contribution in [-0.4, -0.2) is 0 Å². The summed E-state index contributed by atoms with van der Waals surface area (Å²) in [6.45, 7) is 5.89. The number of hydrogen-bond acceptors (Lipinski definition) is 1. The van der Waals surface area contributed by atoms with E-state index < -0.39 is 5.41 Å². The molecule has 0 saturated heterocycles. The number of aryl methyl sites for hydroxylation is 1. The van der Waals surface area contributed by atoms with Crippen molar-refractivity contribution in [3.63, 3.8) is 0 Å². The maximum Gasteiger partial charge on any atom is 0.0896 e. The molecule has 0 bridgehead atoms. The standard InChI is InChI=1S/C19H19N/c1-3-13-19(15-20,14-17-7-5-4-6-8-17)18-11-9-16(2)10-12-18/h3-12H,1,13-14H2,2H3/t19-/m1/s1. The maximum absolute atomic E-state index is 9.79. The number of nitriles is 1. The molecule has 0 spiro atoms. The van der Waals surface area contributed by atoms with E-state index in [1.54, 1.807) is 0 Å². The third kappa shape index (κ3) is 2.97. The number of rotatable bonds is 5. The van der Waals surface area contributed by atoms with E-state index in [4.69, 9.17) is 0 Å². The van der Waals surface area contributed by atoms with Crippen molar-refractivity contribution in [1.82, 2.24) is 0 Å². The molecule has 0 aliphatic rings.